The number of esters is 2. The summed E-state index contributed by atoms with van der Waals surface area (Å²) in [6.45, 7) is 5.46. The van der Waals surface area contributed by atoms with Crippen molar-refractivity contribution in [2.75, 3.05) is 6.61 Å². The van der Waals surface area contributed by atoms with E-state index < -0.39 is 35.4 Å². The first-order valence-electron chi connectivity index (χ1n) is 8.02. The molecule has 0 aromatic heterocycles. The molecule has 0 spiro atoms. The van der Waals surface area contributed by atoms with Crippen LogP contribution >= 0.6 is 43.0 Å². The van der Waals surface area contributed by atoms with Gasteiger partial charge < -0.3 is 0 Å². The molecule has 2 N–H and O–H groups in total. The van der Waals surface area contributed by atoms with Crippen LogP contribution in [0.3, 0.4) is 0 Å². The molecular formula is C15H24I2N2O4. The molecule has 0 bridgehead atoms. The number of carbonyl (C=O) groups excluding carboxylic acids is 2. The van der Waals surface area contributed by atoms with Crippen molar-refractivity contribution in [1.82, 2.24) is 7.06 Å². The summed E-state index contributed by atoms with van der Waals surface area (Å²) in [6.07, 6.45) is 5.85. The molecule has 3 fully saturated rings. The molecule has 2 saturated heterocycles. The third-order valence-electron chi connectivity index (χ3n) is 4.98. The second-order valence-corrected chi connectivity index (χ2v) is 13.6. The first-order chi connectivity index (χ1) is 10.7. The number of nitrogens with one attached hydrogen (secondary N) is 2. The number of hydrogen-bond acceptors (Lipinski definition) is 6. The molecule has 132 valence electrons. The second-order valence-electron chi connectivity index (χ2n) is 7.12. The molecule has 1 saturated carbocycles. The summed E-state index contributed by atoms with van der Waals surface area (Å²) in [5.41, 5.74) is -0.495. The van der Waals surface area contributed by atoms with Crippen LogP contribution in [0.2, 0.25) is 0 Å². The molecule has 2 heterocycles. The predicted molar refractivity (Wildman–Crippen MR) is 103 cm³/mol. The molecule has 0 aromatic rings. The Labute approximate surface area is 158 Å². The minimum absolute atomic E-state index is 0.181. The molecule has 1 aliphatic carbocycles. The molecule has 8 heteroatoms. The molecule has 3 aliphatic rings. The molecule has 1 atom stereocenters. The van der Waals surface area contributed by atoms with Crippen molar-refractivity contribution in [2.24, 2.45) is 5.92 Å². The Morgan fingerprint density at radius 1 is 1.22 bits per heavy atom. The van der Waals surface area contributed by atoms with Gasteiger partial charge in [0.15, 0.2) is 0 Å². The normalized spacial score (nSPS) is 26.7. The van der Waals surface area contributed by atoms with Crippen LogP contribution < -0.4 is 7.06 Å². The van der Waals surface area contributed by atoms with Gasteiger partial charge in [0.25, 0.3) is 0 Å². The third-order valence-corrected chi connectivity index (χ3v) is 12.1. The van der Waals surface area contributed by atoms with Crippen molar-refractivity contribution < 1.29 is 19.1 Å². The maximum absolute atomic E-state index is 12.3. The average molecular weight is 550 g/mol. The summed E-state index contributed by atoms with van der Waals surface area (Å²) in [5, 5.41) is 0. The van der Waals surface area contributed by atoms with Crippen LogP contribution in [0.1, 0.15) is 52.9 Å². The Morgan fingerprint density at radius 2 is 1.78 bits per heavy atom. The standard InChI is InChI=1S/C15H24I2N2O4/c1-13(2,10-7-5-4-6-8-10)23-11(20)9-22-12(21)14(3,16)15-17(18-15)19-15/h10,18-19H,4-9H2,1-3H3. The van der Waals surface area contributed by atoms with Crippen molar-refractivity contribution >= 4 is 54.9 Å². The van der Waals surface area contributed by atoms with Crippen LogP contribution in [-0.2, 0) is 19.1 Å². The van der Waals surface area contributed by atoms with Crippen molar-refractivity contribution in [3.63, 3.8) is 0 Å². The Balaban J connectivity index is 1.46. The summed E-state index contributed by atoms with van der Waals surface area (Å²) in [4.78, 5) is 24.3. The number of halogens is 2. The SMILES string of the molecule is CC(C)(OC(=O)COC(=O)C(C)(I)C12NI1N2)C1CCCCC1. The van der Waals surface area contributed by atoms with E-state index in [4.69, 9.17) is 9.47 Å². The van der Waals surface area contributed by atoms with Crippen molar-refractivity contribution in [2.45, 2.75) is 65.6 Å². The monoisotopic (exact) mass is 550 g/mol. The topological polar surface area (TPSA) is 96.5 Å². The molecule has 6 nitrogen and oxygen atoms in total. The zero-order chi connectivity index (χ0) is 16.9. The number of alkyl halides is 2. The number of carbonyl (C=O) groups is 2. The zero-order valence-electron chi connectivity index (χ0n) is 13.7. The first-order valence-corrected chi connectivity index (χ1v) is 12.3. The number of rotatable bonds is 6. The van der Waals surface area contributed by atoms with E-state index in [-0.39, 0.29) is 16.2 Å². The molecule has 0 radical (unpaired) electrons. The van der Waals surface area contributed by atoms with Gasteiger partial charge in [-0.3, -0.25) is 0 Å². The van der Waals surface area contributed by atoms with Crippen LogP contribution in [0.15, 0.2) is 0 Å². The van der Waals surface area contributed by atoms with E-state index in [1.54, 1.807) is 0 Å². The van der Waals surface area contributed by atoms with E-state index >= 15 is 0 Å². The van der Waals surface area contributed by atoms with Gasteiger partial charge in [0.2, 0.25) is 0 Å². The van der Waals surface area contributed by atoms with Gasteiger partial charge in [-0.25, -0.2) is 0 Å². The van der Waals surface area contributed by atoms with Gasteiger partial charge in [-0.15, -0.1) is 0 Å². The number of hydrogen-bond donors (Lipinski definition) is 2. The van der Waals surface area contributed by atoms with E-state index in [0.717, 1.165) is 12.8 Å². The van der Waals surface area contributed by atoms with Crippen LogP contribution in [0, 0.1) is 5.92 Å². The maximum atomic E-state index is 12.3. The summed E-state index contributed by atoms with van der Waals surface area (Å²) in [6, 6.07) is 0. The molecule has 23 heavy (non-hydrogen) atoms. The van der Waals surface area contributed by atoms with Crippen LogP contribution in [0.25, 0.3) is 0 Å². The molecule has 2 aliphatic heterocycles. The van der Waals surface area contributed by atoms with Gasteiger partial charge in [-0.1, -0.05) is 0 Å². The molecule has 3 rings (SSSR count). The van der Waals surface area contributed by atoms with Gasteiger partial charge in [-0.05, 0) is 0 Å². The van der Waals surface area contributed by atoms with E-state index in [2.05, 4.69) is 29.7 Å². The van der Waals surface area contributed by atoms with E-state index in [1.807, 2.05) is 20.8 Å². The van der Waals surface area contributed by atoms with Crippen molar-refractivity contribution in [3.05, 3.63) is 0 Å². The van der Waals surface area contributed by atoms with Gasteiger partial charge in [-0.2, -0.15) is 0 Å². The Bertz CT molecular complexity index is 512. The average Bonchev–Trinajstić information content (AvgIpc) is 3.34. The van der Waals surface area contributed by atoms with Crippen LogP contribution in [-0.4, -0.2) is 31.2 Å². The van der Waals surface area contributed by atoms with Crippen molar-refractivity contribution in [3.8, 4) is 0 Å². The number of fused-ring (bicyclic) bond motifs is 1. The quantitative estimate of drug-likeness (QED) is 0.132. The molecule has 0 aromatic carbocycles. The van der Waals surface area contributed by atoms with Gasteiger partial charge >= 0.3 is 159 Å². The minimum atomic E-state index is -1.23. The molecule has 0 amide bonds. The fourth-order valence-corrected chi connectivity index (χ4v) is 11.0. The zero-order valence-corrected chi connectivity index (χ0v) is 18.0. The van der Waals surface area contributed by atoms with E-state index in [9.17, 15) is 9.59 Å². The van der Waals surface area contributed by atoms with E-state index in [1.165, 1.54) is 19.3 Å². The van der Waals surface area contributed by atoms with Crippen LogP contribution in [0.5, 0.6) is 0 Å². The summed E-state index contributed by atoms with van der Waals surface area (Å²) >= 11 is 0.880. The third kappa shape index (κ3) is 3.50. The summed E-state index contributed by atoms with van der Waals surface area (Å²) < 4.78 is 16.6. The first kappa shape index (κ1) is 18.1. The Morgan fingerprint density at radius 3 is 2.30 bits per heavy atom. The fourth-order valence-electron chi connectivity index (χ4n) is 3.18. The van der Waals surface area contributed by atoms with Crippen LogP contribution in [0.4, 0.5) is 0 Å². The Hall–Kier alpha value is 0.320. The molecule has 1 unspecified atom stereocenters. The Kier molecular flexibility index (Phi) is 4.92. The summed E-state index contributed by atoms with van der Waals surface area (Å²) in [7, 11) is 0. The van der Waals surface area contributed by atoms with Gasteiger partial charge in [0.05, 0.1) is 0 Å². The summed E-state index contributed by atoms with van der Waals surface area (Å²) in [5.74, 6) is -0.423. The second kappa shape index (κ2) is 6.24. The van der Waals surface area contributed by atoms with Gasteiger partial charge in [0, 0.05) is 0 Å². The molecular weight excluding hydrogens is 526 g/mol. The number of ether oxygens (including phenoxy) is 2. The fraction of sp³-hybridized carbons (Fsp3) is 0.867. The predicted octanol–water partition coefficient (Wildman–Crippen LogP) is 2.82. The van der Waals surface area contributed by atoms with Crippen molar-refractivity contribution in [1.29, 1.82) is 0 Å². The van der Waals surface area contributed by atoms with E-state index in [0.29, 0.717) is 5.92 Å². The van der Waals surface area contributed by atoms with Gasteiger partial charge in [0.1, 0.15) is 0 Å².